The number of fused-ring (bicyclic) bond motifs is 1. The van der Waals surface area contributed by atoms with Crippen molar-refractivity contribution in [1.82, 2.24) is 0 Å². The Morgan fingerprint density at radius 3 is 2.32 bits per heavy atom. The number of hydrogen-bond acceptors (Lipinski definition) is 4. The first-order valence-electron chi connectivity index (χ1n) is 5.47. The Kier molecular flexibility index (Phi) is 4.04. The molecule has 0 unspecified atom stereocenters. The molecule has 19 heavy (non-hydrogen) atoms. The molecule has 2 aromatic carbocycles. The number of benzene rings is 2. The van der Waals surface area contributed by atoms with Crippen LogP contribution in [-0.4, -0.2) is 26.2 Å². The molecule has 0 saturated carbocycles. The van der Waals surface area contributed by atoms with E-state index in [0.717, 1.165) is 14.3 Å². The minimum atomic E-state index is -0.381. The second-order valence-corrected chi connectivity index (χ2v) is 4.92. The van der Waals surface area contributed by atoms with Gasteiger partial charge in [0.1, 0.15) is 0 Å². The molecule has 0 fully saturated rings. The lowest BCUT2D eigenvalue weighted by molar-refractivity contribution is 0.0591. The molecule has 0 radical (unpaired) electrons. The van der Waals surface area contributed by atoms with Gasteiger partial charge in [-0.1, -0.05) is 12.1 Å². The summed E-state index contributed by atoms with van der Waals surface area (Å²) in [4.78, 5) is 23.1. The molecule has 2 aromatic rings. The van der Waals surface area contributed by atoms with E-state index < -0.39 is 0 Å². The van der Waals surface area contributed by atoms with Crippen LogP contribution in [0.4, 0.5) is 0 Å². The quantitative estimate of drug-likeness (QED) is 0.603. The molecule has 0 atom stereocenters. The summed E-state index contributed by atoms with van der Waals surface area (Å²) in [5, 5.41) is 1.77. The van der Waals surface area contributed by atoms with Crippen molar-refractivity contribution in [3.8, 4) is 0 Å². The first-order valence-corrected chi connectivity index (χ1v) is 6.55. The molecule has 0 heterocycles. The molecule has 0 aliphatic heterocycles. The lowest BCUT2D eigenvalue weighted by Crippen LogP contribution is -2.05. The predicted octanol–water partition coefficient (Wildman–Crippen LogP) is 3.02. The Morgan fingerprint density at radius 1 is 1.00 bits per heavy atom. The van der Waals surface area contributed by atoms with Gasteiger partial charge < -0.3 is 9.47 Å². The fraction of sp³-hybridized carbons (Fsp3) is 0.143. The van der Waals surface area contributed by atoms with Crippen LogP contribution in [0.25, 0.3) is 10.8 Å². The lowest BCUT2D eigenvalue weighted by atomic mass is 10.0. The first kappa shape index (κ1) is 13.8. The monoisotopic (exact) mass is 370 g/mol. The van der Waals surface area contributed by atoms with Gasteiger partial charge in [-0.15, -0.1) is 0 Å². The highest BCUT2D eigenvalue weighted by molar-refractivity contribution is 14.1. The van der Waals surface area contributed by atoms with Crippen LogP contribution in [0.5, 0.6) is 0 Å². The molecule has 0 N–H and O–H groups in total. The zero-order valence-electron chi connectivity index (χ0n) is 10.4. The van der Waals surface area contributed by atoms with Crippen molar-refractivity contribution in [2.24, 2.45) is 0 Å². The van der Waals surface area contributed by atoms with Crippen molar-refractivity contribution in [3.05, 3.63) is 45.0 Å². The number of carbonyl (C=O) groups is 2. The summed E-state index contributed by atoms with van der Waals surface area (Å²) < 4.78 is 10.2. The highest BCUT2D eigenvalue weighted by atomic mass is 127. The predicted molar refractivity (Wildman–Crippen MR) is 79.3 cm³/mol. The third-order valence-corrected chi connectivity index (χ3v) is 3.94. The summed E-state index contributed by atoms with van der Waals surface area (Å²) in [6.07, 6.45) is 0. The molecule has 4 nitrogen and oxygen atoms in total. The molecular weight excluding hydrogens is 359 g/mol. The van der Waals surface area contributed by atoms with Crippen LogP contribution >= 0.6 is 22.6 Å². The fourth-order valence-electron chi connectivity index (χ4n) is 1.80. The van der Waals surface area contributed by atoms with E-state index in [1.165, 1.54) is 14.2 Å². The Balaban J connectivity index is 2.60. The molecule has 0 aliphatic rings. The third-order valence-electron chi connectivity index (χ3n) is 2.78. The molecule has 0 aliphatic carbocycles. The lowest BCUT2D eigenvalue weighted by Gasteiger charge is -2.07. The number of carbonyl (C=O) groups excluding carboxylic acids is 2. The SMILES string of the molecule is COC(=O)c1ccc2c(I)c(C(=O)OC)ccc2c1. The van der Waals surface area contributed by atoms with Crippen molar-refractivity contribution >= 4 is 45.3 Å². The number of ether oxygens (including phenoxy) is 2. The summed E-state index contributed by atoms with van der Waals surface area (Å²) in [6.45, 7) is 0. The van der Waals surface area contributed by atoms with E-state index in [4.69, 9.17) is 4.74 Å². The highest BCUT2D eigenvalue weighted by Crippen LogP contribution is 2.26. The topological polar surface area (TPSA) is 52.6 Å². The van der Waals surface area contributed by atoms with Gasteiger partial charge in [0, 0.05) is 3.57 Å². The Labute approximate surface area is 123 Å². The number of methoxy groups -OCH3 is 2. The van der Waals surface area contributed by atoms with Crippen molar-refractivity contribution in [1.29, 1.82) is 0 Å². The summed E-state index contributed by atoms with van der Waals surface area (Å²) in [6, 6.07) is 8.70. The second-order valence-electron chi connectivity index (χ2n) is 3.85. The maximum atomic E-state index is 11.6. The molecule has 98 valence electrons. The van der Waals surface area contributed by atoms with Gasteiger partial charge in [-0.05, 0) is 51.6 Å². The van der Waals surface area contributed by atoms with Gasteiger partial charge in [0.25, 0.3) is 0 Å². The molecule has 5 heteroatoms. The van der Waals surface area contributed by atoms with Gasteiger partial charge >= 0.3 is 11.9 Å². The van der Waals surface area contributed by atoms with E-state index in [2.05, 4.69) is 27.3 Å². The van der Waals surface area contributed by atoms with Gasteiger partial charge in [0.2, 0.25) is 0 Å². The minimum Gasteiger partial charge on any atom is -0.465 e. The minimum absolute atomic E-state index is 0.372. The molecule has 0 spiro atoms. The first-order chi connectivity index (χ1) is 9.08. The van der Waals surface area contributed by atoms with Crippen molar-refractivity contribution in [3.63, 3.8) is 0 Å². The Bertz CT molecular complexity index is 664. The van der Waals surface area contributed by atoms with E-state index in [1.54, 1.807) is 30.3 Å². The van der Waals surface area contributed by atoms with Gasteiger partial charge in [0.05, 0.1) is 25.3 Å². The standard InChI is InChI=1S/C14H11IO4/c1-18-13(16)9-4-5-10-8(7-9)3-6-11(12(10)15)14(17)19-2/h3-7H,1-2H3. The van der Waals surface area contributed by atoms with Gasteiger partial charge in [0.15, 0.2) is 0 Å². The molecule has 0 saturated heterocycles. The number of rotatable bonds is 2. The summed E-state index contributed by atoms with van der Waals surface area (Å²) in [7, 11) is 2.69. The Hall–Kier alpha value is -1.63. The van der Waals surface area contributed by atoms with E-state index >= 15 is 0 Å². The van der Waals surface area contributed by atoms with Crippen LogP contribution < -0.4 is 0 Å². The van der Waals surface area contributed by atoms with Crippen molar-refractivity contribution < 1.29 is 19.1 Å². The maximum Gasteiger partial charge on any atom is 0.338 e. The van der Waals surface area contributed by atoms with Crippen LogP contribution in [0.2, 0.25) is 0 Å². The molecule has 0 aromatic heterocycles. The van der Waals surface area contributed by atoms with Crippen LogP contribution in [0, 0.1) is 3.57 Å². The zero-order chi connectivity index (χ0) is 14.0. The van der Waals surface area contributed by atoms with E-state index in [0.29, 0.717) is 11.1 Å². The Morgan fingerprint density at radius 2 is 1.68 bits per heavy atom. The fourth-order valence-corrected chi connectivity index (χ4v) is 2.70. The van der Waals surface area contributed by atoms with E-state index in [9.17, 15) is 9.59 Å². The number of hydrogen-bond donors (Lipinski definition) is 0. The average molecular weight is 370 g/mol. The molecule has 0 amide bonds. The van der Waals surface area contributed by atoms with Crippen LogP contribution in [0.1, 0.15) is 20.7 Å². The van der Waals surface area contributed by atoms with Crippen molar-refractivity contribution in [2.75, 3.05) is 14.2 Å². The van der Waals surface area contributed by atoms with Crippen LogP contribution in [-0.2, 0) is 9.47 Å². The van der Waals surface area contributed by atoms with Crippen molar-refractivity contribution in [2.45, 2.75) is 0 Å². The summed E-state index contributed by atoms with van der Waals surface area (Å²) >= 11 is 2.10. The van der Waals surface area contributed by atoms with Gasteiger partial charge in [-0.2, -0.15) is 0 Å². The van der Waals surface area contributed by atoms with E-state index in [1.807, 2.05) is 0 Å². The number of esters is 2. The zero-order valence-corrected chi connectivity index (χ0v) is 12.6. The molecule has 0 bridgehead atoms. The normalized spacial score (nSPS) is 10.3. The summed E-state index contributed by atoms with van der Waals surface area (Å²) in [5.41, 5.74) is 0.998. The smallest absolute Gasteiger partial charge is 0.338 e. The molecule has 2 rings (SSSR count). The third kappa shape index (κ3) is 2.56. The summed E-state index contributed by atoms with van der Waals surface area (Å²) in [5.74, 6) is -0.753. The highest BCUT2D eigenvalue weighted by Gasteiger charge is 2.14. The largest absolute Gasteiger partial charge is 0.465 e. The second kappa shape index (κ2) is 5.56. The van der Waals surface area contributed by atoms with Gasteiger partial charge in [-0.25, -0.2) is 9.59 Å². The van der Waals surface area contributed by atoms with Crippen LogP contribution in [0.15, 0.2) is 30.3 Å². The molecular formula is C14H11IO4. The van der Waals surface area contributed by atoms with E-state index in [-0.39, 0.29) is 11.9 Å². The van der Waals surface area contributed by atoms with Gasteiger partial charge in [-0.3, -0.25) is 0 Å². The average Bonchev–Trinajstić information content (AvgIpc) is 2.45. The maximum absolute atomic E-state index is 11.6. The van der Waals surface area contributed by atoms with Crippen LogP contribution in [0.3, 0.4) is 0 Å². The number of halogens is 1.